The number of hydrogen-bond donors (Lipinski definition) is 0. The minimum Gasteiger partial charge on any atom is -0.406 e. The molecule has 0 aromatic heterocycles. The molecule has 0 aliphatic carbocycles. The van der Waals surface area contributed by atoms with E-state index in [2.05, 4.69) is 4.74 Å². The summed E-state index contributed by atoms with van der Waals surface area (Å²) in [5, 5.41) is 0. The molecular weight excluding hydrogens is 299 g/mol. The Kier molecular flexibility index (Phi) is 5.28. The summed E-state index contributed by atoms with van der Waals surface area (Å²) in [6.07, 6.45) is -3.74. The molecule has 0 N–H and O–H groups in total. The highest BCUT2D eigenvalue weighted by Crippen LogP contribution is 2.26. The third-order valence-electron chi connectivity index (χ3n) is 3.52. The van der Waals surface area contributed by atoms with E-state index in [0.717, 1.165) is 5.56 Å². The Balaban J connectivity index is 1.94. The number of amides is 1. The summed E-state index contributed by atoms with van der Waals surface area (Å²) in [7, 11) is 1.57. The van der Waals surface area contributed by atoms with Gasteiger partial charge in [0, 0.05) is 26.6 Å². The lowest BCUT2D eigenvalue weighted by Gasteiger charge is -2.16. The first-order chi connectivity index (χ1) is 10.4. The molecule has 122 valence electrons. The maximum absolute atomic E-state index is 12.2. The first-order valence-electron chi connectivity index (χ1n) is 6.99. The van der Waals surface area contributed by atoms with Crippen LogP contribution in [0.15, 0.2) is 24.3 Å². The van der Waals surface area contributed by atoms with Crippen LogP contribution < -0.4 is 4.74 Å². The van der Waals surface area contributed by atoms with Gasteiger partial charge in [-0.2, -0.15) is 0 Å². The first kappa shape index (κ1) is 16.6. The van der Waals surface area contributed by atoms with Gasteiger partial charge < -0.3 is 14.4 Å². The Hall–Kier alpha value is -1.76. The van der Waals surface area contributed by atoms with Crippen LogP contribution in [0.25, 0.3) is 0 Å². The van der Waals surface area contributed by atoms with E-state index in [0.29, 0.717) is 32.5 Å². The number of hydrogen-bond acceptors (Lipinski definition) is 3. The van der Waals surface area contributed by atoms with E-state index in [-0.39, 0.29) is 17.6 Å². The van der Waals surface area contributed by atoms with Crippen molar-refractivity contribution in [1.29, 1.82) is 0 Å². The molecular formula is C15H18F3NO3. The Morgan fingerprint density at radius 1 is 1.36 bits per heavy atom. The summed E-state index contributed by atoms with van der Waals surface area (Å²) in [5.41, 5.74) is 0.730. The van der Waals surface area contributed by atoms with Crippen LogP contribution in [0.1, 0.15) is 12.0 Å². The van der Waals surface area contributed by atoms with E-state index in [1.807, 2.05) is 0 Å². The van der Waals surface area contributed by atoms with Crippen molar-refractivity contribution < 1.29 is 27.4 Å². The van der Waals surface area contributed by atoms with E-state index >= 15 is 0 Å². The van der Waals surface area contributed by atoms with Gasteiger partial charge in [-0.25, -0.2) is 0 Å². The molecule has 1 fully saturated rings. The van der Waals surface area contributed by atoms with E-state index in [9.17, 15) is 18.0 Å². The highest BCUT2D eigenvalue weighted by molar-refractivity contribution is 5.78. The number of carbonyl (C=O) groups is 1. The number of nitrogens with zero attached hydrogens (tertiary/aromatic N) is 1. The van der Waals surface area contributed by atoms with Crippen molar-refractivity contribution in [2.75, 3.05) is 26.8 Å². The average molecular weight is 317 g/mol. The lowest BCUT2D eigenvalue weighted by molar-refractivity contribution is -0.274. The average Bonchev–Trinajstić information content (AvgIpc) is 2.75. The van der Waals surface area contributed by atoms with Gasteiger partial charge in [-0.05, 0) is 30.0 Å². The molecule has 1 saturated heterocycles. The van der Waals surface area contributed by atoms with Crippen LogP contribution in [0.5, 0.6) is 5.75 Å². The summed E-state index contributed by atoms with van der Waals surface area (Å²) >= 11 is 0. The fourth-order valence-corrected chi connectivity index (χ4v) is 2.61. The molecule has 4 nitrogen and oxygen atoms in total. The van der Waals surface area contributed by atoms with Gasteiger partial charge in [0.2, 0.25) is 5.91 Å². The summed E-state index contributed by atoms with van der Waals surface area (Å²) in [4.78, 5) is 13.6. The highest BCUT2D eigenvalue weighted by atomic mass is 19.4. The quantitative estimate of drug-likeness (QED) is 0.809. The zero-order chi connectivity index (χ0) is 16.2. The number of ether oxygens (including phenoxy) is 2. The number of halogens is 3. The fraction of sp³-hybridized carbons (Fsp3) is 0.533. The molecule has 1 aromatic rings. The molecule has 0 saturated carbocycles. The van der Waals surface area contributed by atoms with Crippen molar-refractivity contribution in [3.05, 3.63) is 29.8 Å². The molecule has 7 heteroatoms. The molecule has 1 aromatic carbocycles. The Morgan fingerprint density at radius 3 is 2.82 bits per heavy atom. The molecule has 1 atom stereocenters. The Morgan fingerprint density at radius 2 is 2.14 bits per heavy atom. The lowest BCUT2D eigenvalue weighted by atomic mass is 9.98. The van der Waals surface area contributed by atoms with Crippen molar-refractivity contribution in [3.63, 3.8) is 0 Å². The zero-order valence-electron chi connectivity index (χ0n) is 12.2. The van der Waals surface area contributed by atoms with Crippen molar-refractivity contribution in [3.8, 4) is 5.75 Å². The molecule has 22 heavy (non-hydrogen) atoms. The number of methoxy groups -OCH3 is 1. The zero-order valence-corrected chi connectivity index (χ0v) is 12.2. The maximum atomic E-state index is 12.2. The summed E-state index contributed by atoms with van der Waals surface area (Å²) in [5.74, 6) is -0.0687. The third-order valence-corrected chi connectivity index (χ3v) is 3.52. The number of carbonyl (C=O) groups excluding carboxylic acids is 1. The van der Waals surface area contributed by atoms with Gasteiger partial charge in [0.25, 0.3) is 0 Å². The van der Waals surface area contributed by atoms with Gasteiger partial charge in [0.05, 0.1) is 6.61 Å². The van der Waals surface area contributed by atoms with Crippen LogP contribution in [0, 0.1) is 5.92 Å². The molecule has 1 amide bonds. The van der Waals surface area contributed by atoms with Gasteiger partial charge in [-0.1, -0.05) is 12.1 Å². The van der Waals surface area contributed by atoms with Gasteiger partial charge >= 0.3 is 6.36 Å². The third kappa shape index (κ3) is 4.91. The van der Waals surface area contributed by atoms with Crippen LogP contribution in [0.2, 0.25) is 0 Å². The first-order valence-corrected chi connectivity index (χ1v) is 6.99. The number of alkyl halides is 3. The van der Waals surface area contributed by atoms with Crippen molar-refractivity contribution in [2.45, 2.75) is 19.2 Å². The molecule has 1 heterocycles. The van der Waals surface area contributed by atoms with E-state index in [4.69, 9.17) is 4.74 Å². The molecule has 1 aliphatic rings. The van der Waals surface area contributed by atoms with Gasteiger partial charge in [0.1, 0.15) is 5.75 Å². The normalized spacial score (nSPS) is 18.8. The summed E-state index contributed by atoms with van der Waals surface area (Å²) in [6, 6.07) is 5.90. The minimum absolute atomic E-state index is 0.0600. The maximum Gasteiger partial charge on any atom is 0.573 e. The topological polar surface area (TPSA) is 38.8 Å². The molecule has 0 unspecified atom stereocenters. The van der Waals surface area contributed by atoms with Crippen molar-refractivity contribution >= 4 is 5.91 Å². The van der Waals surface area contributed by atoms with Crippen LogP contribution in [-0.2, 0) is 16.0 Å². The van der Waals surface area contributed by atoms with Crippen molar-refractivity contribution in [2.24, 2.45) is 5.92 Å². The van der Waals surface area contributed by atoms with Crippen LogP contribution >= 0.6 is 0 Å². The fourth-order valence-electron chi connectivity index (χ4n) is 2.61. The second-order valence-corrected chi connectivity index (χ2v) is 5.30. The van der Waals surface area contributed by atoms with Gasteiger partial charge in [0.15, 0.2) is 0 Å². The lowest BCUT2D eigenvalue weighted by Crippen LogP contribution is -2.28. The Labute approximate surface area is 126 Å². The highest BCUT2D eigenvalue weighted by Gasteiger charge is 2.32. The number of benzene rings is 1. The standard InChI is InChI=1S/C15H18F3NO3/c1-21-6-5-19-10-12(9-14(19)20)7-11-3-2-4-13(8-11)22-15(16,17)18/h2-4,8,12H,5-7,9-10H2,1H3/t12-/m1/s1. The number of rotatable bonds is 6. The van der Waals surface area contributed by atoms with Crippen LogP contribution in [-0.4, -0.2) is 44.0 Å². The summed E-state index contributed by atoms with van der Waals surface area (Å²) in [6.45, 7) is 1.63. The van der Waals surface area contributed by atoms with Crippen LogP contribution in [0.4, 0.5) is 13.2 Å². The van der Waals surface area contributed by atoms with Crippen molar-refractivity contribution in [1.82, 2.24) is 4.90 Å². The molecule has 0 radical (unpaired) electrons. The second-order valence-electron chi connectivity index (χ2n) is 5.30. The van der Waals surface area contributed by atoms with Crippen LogP contribution in [0.3, 0.4) is 0 Å². The molecule has 1 aliphatic heterocycles. The number of likely N-dealkylation sites (tertiary alicyclic amines) is 1. The largest absolute Gasteiger partial charge is 0.573 e. The second kappa shape index (κ2) is 7.00. The van der Waals surface area contributed by atoms with E-state index in [1.54, 1.807) is 18.1 Å². The smallest absolute Gasteiger partial charge is 0.406 e. The van der Waals surface area contributed by atoms with E-state index < -0.39 is 6.36 Å². The minimum atomic E-state index is -4.70. The summed E-state index contributed by atoms with van der Waals surface area (Å²) < 4.78 is 45.5. The SMILES string of the molecule is COCCN1C[C@H](Cc2cccc(OC(F)(F)F)c2)CC1=O. The molecule has 2 rings (SSSR count). The van der Waals surface area contributed by atoms with Gasteiger partial charge in [-0.3, -0.25) is 4.79 Å². The van der Waals surface area contributed by atoms with E-state index in [1.165, 1.54) is 18.2 Å². The van der Waals surface area contributed by atoms with Gasteiger partial charge in [-0.15, -0.1) is 13.2 Å². The predicted molar refractivity (Wildman–Crippen MR) is 73.4 cm³/mol. The molecule has 0 bridgehead atoms. The Bertz CT molecular complexity index is 519. The predicted octanol–water partition coefficient (Wildman–Crippen LogP) is 2.62. The monoisotopic (exact) mass is 317 g/mol. The molecule has 0 spiro atoms.